The van der Waals surface area contributed by atoms with Crippen LogP contribution in [0.25, 0.3) is 0 Å². The lowest BCUT2D eigenvalue weighted by atomic mass is 10.00. The van der Waals surface area contributed by atoms with Crippen molar-refractivity contribution in [1.29, 1.82) is 0 Å². The fourth-order valence-corrected chi connectivity index (χ4v) is 1.96. The normalized spacial score (nSPS) is 11.7. The fraction of sp³-hybridized carbons (Fsp3) is 0.250. The Morgan fingerprint density at radius 3 is 2.81 bits per heavy atom. The molecule has 110 valence electrons. The number of nitrogens with zero attached hydrogens (tertiary/aromatic N) is 1. The quantitative estimate of drug-likeness (QED) is 0.825. The van der Waals surface area contributed by atoms with E-state index in [0.717, 1.165) is 11.1 Å². The van der Waals surface area contributed by atoms with Crippen molar-refractivity contribution < 1.29 is 9.53 Å². The Balaban J connectivity index is 1.94. The molecule has 0 aliphatic carbocycles. The molecule has 5 heteroatoms. The highest BCUT2D eigenvalue weighted by Crippen LogP contribution is 2.18. The smallest absolute Gasteiger partial charge is 0.227 e. The van der Waals surface area contributed by atoms with Crippen LogP contribution in [0.15, 0.2) is 42.6 Å². The van der Waals surface area contributed by atoms with Gasteiger partial charge >= 0.3 is 0 Å². The summed E-state index contributed by atoms with van der Waals surface area (Å²) < 4.78 is 4.99. The Bertz CT molecular complexity index is 611. The molecule has 0 fully saturated rings. The second kappa shape index (κ2) is 6.74. The standard InChI is InChI=1S/C16H19N3O2/c1-11(13-4-3-5-14(17)8-13)16(20)19-10-12-6-7-15(21-2)18-9-12/h3-9,11H,10,17H2,1-2H3,(H,19,20). The number of methoxy groups -OCH3 is 1. The van der Waals surface area contributed by atoms with E-state index in [1.807, 2.05) is 31.2 Å². The average Bonchev–Trinajstić information content (AvgIpc) is 2.52. The topological polar surface area (TPSA) is 77.2 Å². The number of benzene rings is 1. The third-order valence-electron chi connectivity index (χ3n) is 3.28. The van der Waals surface area contributed by atoms with E-state index < -0.39 is 0 Å². The van der Waals surface area contributed by atoms with Crippen LogP contribution in [0.2, 0.25) is 0 Å². The molecular formula is C16H19N3O2. The molecule has 0 radical (unpaired) electrons. The van der Waals surface area contributed by atoms with Gasteiger partial charge in [-0.05, 0) is 30.2 Å². The maximum atomic E-state index is 12.2. The average molecular weight is 285 g/mol. The molecule has 1 unspecified atom stereocenters. The predicted octanol–water partition coefficient (Wildman–Crippen LogP) is 2.09. The van der Waals surface area contributed by atoms with Crippen LogP contribution in [0, 0.1) is 0 Å². The van der Waals surface area contributed by atoms with Crippen molar-refractivity contribution in [3.05, 3.63) is 53.7 Å². The number of carbonyl (C=O) groups is 1. The van der Waals surface area contributed by atoms with Crippen LogP contribution in [0.5, 0.6) is 5.88 Å². The number of anilines is 1. The van der Waals surface area contributed by atoms with Crippen molar-refractivity contribution in [2.24, 2.45) is 0 Å². The number of aromatic nitrogens is 1. The third-order valence-corrected chi connectivity index (χ3v) is 3.28. The van der Waals surface area contributed by atoms with E-state index in [2.05, 4.69) is 10.3 Å². The highest BCUT2D eigenvalue weighted by atomic mass is 16.5. The van der Waals surface area contributed by atoms with Crippen LogP contribution in [-0.4, -0.2) is 18.0 Å². The molecule has 2 aromatic rings. The van der Waals surface area contributed by atoms with E-state index in [0.29, 0.717) is 18.1 Å². The zero-order chi connectivity index (χ0) is 15.2. The fourth-order valence-electron chi connectivity index (χ4n) is 1.96. The van der Waals surface area contributed by atoms with Gasteiger partial charge in [0.2, 0.25) is 11.8 Å². The van der Waals surface area contributed by atoms with E-state index in [4.69, 9.17) is 10.5 Å². The molecule has 0 saturated heterocycles. The molecule has 2 rings (SSSR count). The Kier molecular flexibility index (Phi) is 4.77. The molecule has 5 nitrogen and oxygen atoms in total. The minimum atomic E-state index is -0.250. The zero-order valence-electron chi connectivity index (χ0n) is 12.2. The number of pyridine rings is 1. The van der Waals surface area contributed by atoms with Gasteiger partial charge < -0.3 is 15.8 Å². The maximum Gasteiger partial charge on any atom is 0.227 e. The van der Waals surface area contributed by atoms with Gasteiger partial charge in [-0.25, -0.2) is 4.98 Å². The van der Waals surface area contributed by atoms with Crippen LogP contribution < -0.4 is 15.8 Å². The van der Waals surface area contributed by atoms with E-state index >= 15 is 0 Å². The van der Waals surface area contributed by atoms with E-state index in [9.17, 15) is 4.79 Å². The van der Waals surface area contributed by atoms with Gasteiger partial charge in [0.15, 0.2) is 0 Å². The summed E-state index contributed by atoms with van der Waals surface area (Å²) in [5.41, 5.74) is 8.22. The lowest BCUT2D eigenvalue weighted by Crippen LogP contribution is -2.27. The number of nitrogens with two attached hydrogens (primary N) is 1. The lowest BCUT2D eigenvalue weighted by Gasteiger charge is -2.13. The first kappa shape index (κ1) is 14.8. The number of hydrogen-bond donors (Lipinski definition) is 2. The van der Waals surface area contributed by atoms with Gasteiger partial charge in [-0.3, -0.25) is 4.79 Å². The van der Waals surface area contributed by atoms with Crippen LogP contribution in [0.3, 0.4) is 0 Å². The zero-order valence-corrected chi connectivity index (χ0v) is 12.2. The summed E-state index contributed by atoms with van der Waals surface area (Å²) >= 11 is 0. The lowest BCUT2D eigenvalue weighted by molar-refractivity contribution is -0.122. The van der Waals surface area contributed by atoms with Crippen LogP contribution >= 0.6 is 0 Å². The Morgan fingerprint density at radius 1 is 1.38 bits per heavy atom. The summed E-state index contributed by atoms with van der Waals surface area (Å²) in [6, 6.07) is 11.0. The minimum Gasteiger partial charge on any atom is -0.481 e. The van der Waals surface area contributed by atoms with Crippen molar-refractivity contribution in [3.8, 4) is 5.88 Å². The second-order valence-electron chi connectivity index (χ2n) is 4.82. The highest BCUT2D eigenvalue weighted by Gasteiger charge is 2.14. The van der Waals surface area contributed by atoms with Crippen molar-refractivity contribution in [1.82, 2.24) is 10.3 Å². The molecule has 1 aromatic heterocycles. The van der Waals surface area contributed by atoms with Crippen molar-refractivity contribution in [2.45, 2.75) is 19.4 Å². The molecule has 1 atom stereocenters. The number of nitrogen functional groups attached to an aromatic ring is 1. The molecule has 1 aromatic carbocycles. The molecule has 21 heavy (non-hydrogen) atoms. The van der Waals surface area contributed by atoms with Crippen molar-refractivity contribution >= 4 is 11.6 Å². The number of nitrogens with one attached hydrogen (secondary N) is 1. The summed E-state index contributed by atoms with van der Waals surface area (Å²) in [6.07, 6.45) is 1.68. The molecule has 0 aliphatic rings. The molecule has 0 bridgehead atoms. The van der Waals surface area contributed by atoms with Crippen molar-refractivity contribution in [3.63, 3.8) is 0 Å². The van der Waals surface area contributed by atoms with E-state index in [-0.39, 0.29) is 11.8 Å². The SMILES string of the molecule is COc1ccc(CNC(=O)C(C)c2cccc(N)c2)cn1. The predicted molar refractivity (Wildman–Crippen MR) is 81.9 cm³/mol. The largest absolute Gasteiger partial charge is 0.481 e. The summed E-state index contributed by atoms with van der Waals surface area (Å²) in [5.74, 6) is 0.259. The highest BCUT2D eigenvalue weighted by molar-refractivity contribution is 5.83. The van der Waals surface area contributed by atoms with Crippen molar-refractivity contribution in [2.75, 3.05) is 12.8 Å². The number of rotatable bonds is 5. The van der Waals surface area contributed by atoms with Gasteiger partial charge in [0.05, 0.1) is 13.0 Å². The third kappa shape index (κ3) is 3.95. The number of ether oxygens (including phenoxy) is 1. The summed E-state index contributed by atoms with van der Waals surface area (Å²) in [5, 5.41) is 2.89. The molecule has 1 amide bonds. The van der Waals surface area contributed by atoms with E-state index in [1.54, 1.807) is 25.4 Å². The summed E-state index contributed by atoms with van der Waals surface area (Å²) in [6.45, 7) is 2.29. The van der Waals surface area contributed by atoms with Gasteiger partial charge in [0, 0.05) is 24.5 Å². The molecule has 0 aliphatic heterocycles. The Hall–Kier alpha value is -2.56. The Morgan fingerprint density at radius 2 is 2.19 bits per heavy atom. The molecule has 0 spiro atoms. The number of carbonyl (C=O) groups excluding carboxylic acids is 1. The van der Waals surface area contributed by atoms with Gasteiger partial charge in [-0.2, -0.15) is 0 Å². The van der Waals surface area contributed by atoms with Gasteiger partial charge in [0.25, 0.3) is 0 Å². The van der Waals surface area contributed by atoms with Crippen LogP contribution in [0.4, 0.5) is 5.69 Å². The monoisotopic (exact) mass is 285 g/mol. The second-order valence-corrected chi connectivity index (χ2v) is 4.82. The van der Waals surface area contributed by atoms with Crippen LogP contribution in [-0.2, 0) is 11.3 Å². The number of hydrogen-bond acceptors (Lipinski definition) is 4. The first-order chi connectivity index (χ1) is 10.1. The molecule has 3 N–H and O–H groups in total. The van der Waals surface area contributed by atoms with Crippen LogP contribution in [0.1, 0.15) is 24.0 Å². The van der Waals surface area contributed by atoms with E-state index in [1.165, 1.54) is 0 Å². The maximum absolute atomic E-state index is 12.2. The molecule has 0 saturated carbocycles. The summed E-state index contributed by atoms with van der Waals surface area (Å²) in [7, 11) is 1.57. The molecular weight excluding hydrogens is 266 g/mol. The number of amides is 1. The first-order valence-corrected chi connectivity index (χ1v) is 6.72. The van der Waals surface area contributed by atoms with Gasteiger partial charge in [-0.1, -0.05) is 18.2 Å². The summed E-state index contributed by atoms with van der Waals surface area (Å²) in [4.78, 5) is 16.3. The van der Waals surface area contributed by atoms with Gasteiger partial charge in [-0.15, -0.1) is 0 Å². The first-order valence-electron chi connectivity index (χ1n) is 6.72. The van der Waals surface area contributed by atoms with Gasteiger partial charge in [0.1, 0.15) is 0 Å². The minimum absolute atomic E-state index is 0.0450. The Labute approximate surface area is 124 Å². The molecule has 1 heterocycles.